The van der Waals surface area contributed by atoms with E-state index in [4.69, 9.17) is 10.8 Å². The average molecular weight is 429 g/mol. The molecule has 0 aliphatic rings. The minimum absolute atomic E-state index is 0. The predicted octanol–water partition coefficient (Wildman–Crippen LogP) is 3.48. The van der Waals surface area contributed by atoms with Crippen LogP contribution in [-0.4, -0.2) is 11.1 Å². The minimum atomic E-state index is -0.420. The maximum atomic E-state index is 13.3. The number of nitrogens with zero attached hydrogens (tertiary/aromatic N) is 1. The zero-order valence-corrected chi connectivity index (χ0v) is 15.5. The molecule has 0 radical (unpaired) electrons. The first-order chi connectivity index (χ1) is 10.5. The highest BCUT2D eigenvalue weighted by Gasteiger charge is 2.03. The van der Waals surface area contributed by atoms with Gasteiger partial charge in [0.25, 0.3) is 0 Å². The van der Waals surface area contributed by atoms with Gasteiger partial charge in [0.05, 0.1) is 13.2 Å². The van der Waals surface area contributed by atoms with Gasteiger partial charge in [0.1, 0.15) is 5.82 Å². The van der Waals surface area contributed by atoms with E-state index < -0.39 is 5.82 Å². The first-order valence-corrected chi connectivity index (χ1v) is 7.02. The van der Waals surface area contributed by atoms with Crippen molar-refractivity contribution in [3.63, 3.8) is 0 Å². The van der Waals surface area contributed by atoms with Crippen LogP contribution in [0.4, 0.5) is 10.1 Å². The number of aliphatic hydroxyl groups excluding tert-OH is 1. The quantitative estimate of drug-likeness (QED) is 0.396. The van der Waals surface area contributed by atoms with Crippen LogP contribution >= 0.6 is 24.0 Å². The molecule has 2 rings (SSSR count). The fourth-order valence-corrected chi connectivity index (χ4v) is 2.03. The lowest BCUT2D eigenvalue weighted by molar-refractivity contribution is 0.275. The molecule has 0 atom stereocenters. The fraction of sp³-hybridized carbons (Fsp3) is 0.235. The lowest BCUT2D eigenvalue weighted by Crippen LogP contribution is -2.22. The van der Waals surface area contributed by atoms with E-state index in [0.29, 0.717) is 6.54 Å². The Morgan fingerprint density at radius 2 is 1.91 bits per heavy atom. The second-order valence-corrected chi connectivity index (χ2v) is 5.21. The number of benzene rings is 2. The van der Waals surface area contributed by atoms with E-state index in [2.05, 4.69) is 10.3 Å². The third-order valence-corrected chi connectivity index (χ3v) is 3.49. The van der Waals surface area contributed by atoms with Gasteiger partial charge in [0, 0.05) is 11.3 Å². The molecule has 23 heavy (non-hydrogen) atoms. The van der Waals surface area contributed by atoms with Crippen LogP contribution in [0.25, 0.3) is 0 Å². The summed E-state index contributed by atoms with van der Waals surface area (Å²) >= 11 is 0. The van der Waals surface area contributed by atoms with Crippen LogP contribution < -0.4 is 11.1 Å². The second kappa shape index (κ2) is 8.83. The smallest absolute Gasteiger partial charge is 0.193 e. The number of guanidine groups is 1. The SMILES string of the molecule is Cc1ccc(NC(N)=NCc2ccc(F)c(CO)c2)cc1C.I. The van der Waals surface area contributed by atoms with Crippen LogP contribution in [0.3, 0.4) is 0 Å². The fourth-order valence-electron chi connectivity index (χ4n) is 2.03. The zero-order valence-electron chi connectivity index (χ0n) is 13.1. The summed E-state index contributed by atoms with van der Waals surface area (Å²) in [7, 11) is 0. The Hall–Kier alpha value is -1.67. The van der Waals surface area contributed by atoms with Gasteiger partial charge in [0.2, 0.25) is 0 Å². The molecule has 0 saturated carbocycles. The summed E-state index contributed by atoms with van der Waals surface area (Å²) in [6, 6.07) is 10.5. The lowest BCUT2D eigenvalue weighted by atomic mass is 10.1. The summed E-state index contributed by atoms with van der Waals surface area (Å²) < 4.78 is 13.3. The Labute approximate surface area is 152 Å². The van der Waals surface area contributed by atoms with Crippen LogP contribution in [0.1, 0.15) is 22.3 Å². The summed E-state index contributed by atoms with van der Waals surface area (Å²) in [5.74, 6) is -0.130. The summed E-state index contributed by atoms with van der Waals surface area (Å²) in [4.78, 5) is 4.23. The van der Waals surface area contributed by atoms with Gasteiger partial charge in [-0.1, -0.05) is 12.1 Å². The average Bonchev–Trinajstić information content (AvgIpc) is 2.50. The number of hydrogen-bond acceptors (Lipinski definition) is 2. The number of aliphatic hydroxyl groups is 1. The molecule has 0 aromatic heterocycles. The molecule has 4 nitrogen and oxygen atoms in total. The molecular formula is C17H21FIN3O. The molecule has 0 bridgehead atoms. The van der Waals surface area contributed by atoms with E-state index in [1.807, 2.05) is 32.0 Å². The van der Waals surface area contributed by atoms with Crippen LogP contribution in [0.5, 0.6) is 0 Å². The number of aliphatic imine (C=N–C) groups is 1. The van der Waals surface area contributed by atoms with Gasteiger partial charge in [-0.15, -0.1) is 24.0 Å². The molecule has 0 heterocycles. The topological polar surface area (TPSA) is 70.6 Å². The molecule has 0 saturated heterocycles. The van der Waals surface area contributed by atoms with Crippen LogP contribution in [0.15, 0.2) is 41.4 Å². The maximum Gasteiger partial charge on any atom is 0.193 e. The third-order valence-electron chi connectivity index (χ3n) is 3.49. The third kappa shape index (κ3) is 5.47. The van der Waals surface area contributed by atoms with Gasteiger partial charge in [-0.2, -0.15) is 0 Å². The summed E-state index contributed by atoms with van der Waals surface area (Å²) in [5, 5.41) is 12.1. The summed E-state index contributed by atoms with van der Waals surface area (Å²) in [6.07, 6.45) is 0. The van der Waals surface area contributed by atoms with E-state index in [9.17, 15) is 4.39 Å². The highest BCUT2D eigenvalue weighted by Crippen LogP contribution is 2.14. The number of rotatable bonds is 4. The highest BCUT2D eigenvalue weighted by atomic mass is 127. The van der Waals surface area contributed by atoms with Crippen molar-refractivity contribution in [2.75, 3.05) is 5.32 Å². The van der Waals surface area contributed by atoms with Crippen LogP contribution in [-0.2, 0) is 13.2 Å². The molecule has 4 N–H and O–H groups in total. The standard InChI is InChI=1S/C17H20FN3O.HI/c1-11-3-5-15(7-12(11)2)21-17(19)20-9-13-4-6-16(18)14(8-13)10-22;/h3-8,22H,9-10H2,1-2H3,(H3,19,20,21);1H. The van der Waals surface area contributed by atoms with E-state index in [1.165, 1.54) is 17.2 Å². The van der Waals surface area contributed by atoms with Crippen molar-refractivity contribution in [2.24, 2.45) is 10.7 Å². The minimum Gasteiger partial charge on any atom is -0.392 e. The Balaban J connectivity index is 0.00000264. The molecule has 2 aromatic rings. The first-order valence-electron chi connectivity index (χ1n) is 7.02. The van der Waals surface area contributed by atoms with E-state index in [-0.39, 0.29) is 42.1 Å². The number of nitrogens with two attached hydrogens (primary N) is 1. The largest absolute Gasteiger partial charge is 0.392 e. The van der Waals surface area contributed by atoms with Gasteiger partial charge >= 0.3 is 0 Å². The van der Waals surface area contributed by atoms with Crippen molar-refractivity contribution >= 4 is 35.6 Å². The normalized spacial score (nSPS) is 11.0. The molecule has 0 unspecified atom stereocenters. The highest BCUT2D eigenvalue weighted by molar-refractivity contribution is 14.0. The molecule has 6 heteroatoms. The van der Waals surface area contributed by atoms with Crippen LogP contribution in [0.2, 0.25) is 0 Å². The Morgan fingerprint density at radius 3 is 2.57 bits per heavy atom. The number of nitrogens with one attached hydrogen (secondary N) is 1. The van der Waals surface area contributed by atoms with Crippen LogP contribution in [0, 0.1) is 19.7 Å². The van der Waals surface area contributed by atoms with Gasteiger partial charge in [-0.25, -0.2) is 9.38 Å². The number of halogens is 2. The lowest BCUT2D eigenvalue weighted by Gasteiger charge is -2.08. The molecule has 124 valence electrons. The second-order valence-electron chi connectivity index (χ2n) is 5.21. The monoisotopic (exact) mass is 429 g/mol. The van der Waals surface area contributed by atoms with Crippen molar-refractivity contribution in [2.45, 2.75) is 27.0 Å². The Bertz CT molecular complexity index is 704. The van der Waals surface area contributed by atoms with E-state index in [1.54, 1.807) is 12.1 Å². The molecule has 0 fully saturated rings. The van der Waals surface area contributed by atoms with Crippen molar-refractivity contribution in [1.82, 2.24) is 0 Å². The molecule has 0 aliphatic carbocycles. The van der Waals surface area contributed by atoms with Crippen molar-refractivity contribution in [3.8, 4) is 0 Å². The number of hydrogen-bond donors (Lipinski definition) is 3. The van der Waals surface area contributed by atoms with Gasteiger partial charge in [-0.3, -0.25) is 0 Å². The van der Waals surface area contributed by atoms with Gasteiger partial charge in [-0.05, 0) is 54.8 Å². The molecule has 2 aromatic carbocycles. The molecule has 0 aliphatic heterocycles. The van der Waals surface area contributed by atoms with Crippen molar-refractivity contribution in [3.05, 3.63) is 64.5 Å². The summed E-state index contributed by atoms with van der Waals surface area (Å²) in [5.41, 5.74) is 10.2. The number of anilines is 1. The van der Waals surface area contributed by atoms with Crippen molar-refractivity contribution in [1.29, 1.82) is 0 Å². The molecular weight excluding hydrogens is 408 g/mol. The van der Waals surface area contributed by atoms with Gasteiger partial charge in [0.15, 0.2) is 5.96 Å². The Kier molecular flexibility index (Phi) is 7.44. The zero-order chi connectivity index (χ0) is 16.1. The molecule has 0 spiro atoms. The summed E-state index contributed by atoms with van der Waals surface area (Å²) in [6.45, 7) is 4.06. The van der Waals surface area contributed by atoms with Crippen molar-refractivity contribution < 1.29 is 9.50 Å². The van der Waals surface area contributed by atoms with E-state index in [0.717, 1.165) is 11.3 Å². The first kappa shape index (κ1) is 19.4. The van der Waals surface area contributed by atoms with Gasteiger partial charge < -0.3 is 16.2 Å². The number of aryl methyl sites for hydroxylation is 2. The predicted molar refractivity (Wildman–Crippen MR) is 103 cm³/mol. The Morgan fingerprint density at radius 1 is 1.17 bits per heavy atom. The maximum absolute atomic E-state index is 13.3. The molecule has 0 amide bonds. The van der Waals surface area contributed by atoms with E-state index >= 15 is 0 Å².